The summed E-state index contributed by atoms with van der Waals surface area (Å²) in [7, 11) is 1.83. The summed E-state index contributed by atoms with van der Waals surface area (Å²) in [5.41, 5.74) is 0. The Labute approximate surface area is 103 Å². The van der Waals surface area contributed by atoms with E-state index in [1.165, 1.54) is 4.88 Å². The third-order valence-corrected chi connectivity index (χ3v) is 3.28. The summed E-state index contributed by atoms with van der Waals surface area (Å²) in [5.74, 6) is 0.573. The van der Waals surface area contributed by atoms with E-state index in [1.807, 2.05) is 13.2 Å². The van der Waals surface area contributed by atoms with E-state index in [-0.39, 0.29) is 0 Å². The predicted molar refractivity (Wildman–Crippen MR) is 65.9 cm³/mol. The average molecular weight is 253 g/mol. The molecular weight excluding hydrogens is 238 g/mol. The fourth-order valence-corrected chi connectivity index (χ4v) is 2.09. The molecule has 0 unspecified atom stereocenters. The Morgan fingerprint density at radius 2 is 2.24 bits per heavy atom. The zero-order valence-corrected chi connectivity index (χ0v) is 10.7. The number of rotatable bonds is 6. The second-order valence-electron chi connectivity index (χ2n) is 3.46. The molecule has 0 fully saturated rings. The molecule has 0 atom stereocenters. The number of nitrogens with zero attached hydrogens (tertiary/aromatic N) is 3. The molecule has 0 aromatic carbocycles. The molecule has 2 aromatic heterocycles. The minimum Gasteiger partial charge on any atom is -0.407 e. The van der Waals surface area contributed by atoms with Crippen molar-refractivity contribution < 1.29 is 4.42 Å². The molecule has 0 aliphatic heterocycles. The molecule has 2 N–H and O–H groups in total. The summed E-state index contributed by atoms with van der Waals surface area (Å²) in [6.45, 7) is 3.31. The van der Waals surface area contributed by atoms with Crippen LogP contribution in [0.3, 0.4) is 0 Å². The molecule has 0 saturated carbocycles. The third kappa shape index (κ3) is 3.24. The molecule has 0 bridgehead atoms. The highest BCUT2D eigenvalue weighted by Gasteiger charge is 2.06. The molecule has 0 aliphatic rings. The van der Waals surface area contributed by atoms with Gasteiger partial charge in [0.1, 0.15) is 5.01 Å². The third-order valence-electron chi connectivity index (χ3n) is 2.14. The van der Waals surface area contributed by atoms with Gasteiger partial charge in [-0.3, -0.25) is 0 Å². The van der Waals surface area contributed by atoms with Gasteiger partial charge in [0.25, 0.3) is 0 Å². The molecule has 2 rings (SSSR count). The van der Waals surface area contributed by atoms with Crippen LogP contribution in [0.5, 0.6) is 0 Å². The number of hydrogen-bond acceptors (Lipinski definition) is 7. The lowest BCUT2D eigenvalue weighted by Gasteiger charge is -1.96. The highest BCUT2D eigenvalue weighted by Crippen LogP contribution is 2.15. The lowest BCUT2D eigenvalue weighted by Crippen LogP contribution is -2.04. The molecule has 7 heteroatoms. The molecule has 0 aliphatic carbocycles. The molecular formula is C10H15N5OS. The first-order chi connectivity index (χ1) is 8.31. The van der Waals surface area contributed by atoms with Crippen LogP contribution >= 0.6 is 11.3 Å². The summed E-state index contributed by atoms with van der Waals surface area (Å²) in [4.78, 5) is 5.58. The van der Waals surface area contributed by atoms with Crippen LogP contribution in [0.1, 0.15) is 22.7 Å². The fourth-order valence-electron chi connectivity index (χ4n) is 1.29. The maximum atomic E-state index is 5.36. The number of aryl methyl sites for hydroxylation is 1. The lowest BCUT2D eigenvalue weighted by molar-refractivity contribution is 0.489. The van der Waals surface area contributed by atoms with Gasteiger partial charge < -0.3 is 15.1 Å². The van der Waals surface area contributed by atoms with Crippen molar-refractivity contribution in [2.45, 2.75) is 26.4 Å². The molecule has 2 heterocycles. The second-order valence-corrected chi connectivity index (χ2v) is 4.66. The van der Waals surface area contributed by atoms with Gasteiger partial charge in [-0.2, -0.15) is 0 Å². The minimum atomic E-state index is 0.434. The van der Waals surface area contributed by atoms with Gasteiger partial charge in [-0.05, 0) is 13.5 Å². The topological polar surface area (TPSA) is 75.9 Å². The van der Waals surface area contributed by atoms with Gasteiger partial charge in [0, 0.05) is 11.1 Å². The summed E-state index contributed by atoms with van der Waals surface area (Å²) in [6.07, 6.45) is 2.92. The van der Waals surface area contributed by atoms with Gasteiger partial charge in [-0.1, -0.05) is 12.0 Å². The standard InChI is InChI=1S/C10H15N5OS/c1-3-7-4-12-9(17-7)6-13-10-15-14-8(16-10)5-11-2/h4,11H,3,5-6H2,1-2H3,(H,13,15). The summed E-state index contributed by atoms with van der Waals surface area (Å²) >= 11 is 1.69. The number of aromatic nitrogens is 3. The molecule has 0 radical (unpaired) electrons. The molecule has 6 nitrogen and oxygen atoms in total. The highest BCUT2D eigenvalue weighted by atomic mass is 32.1. The van der Waals surface area contributed by atoms with Gasteiger partial charge in [-0.25, -0.2) is 4.98 Å². The van der Waals surface area contributed by atoms with Gasteiger partial charge in [0.05, 0.1) is 13.1 Å². The van der Waals surface area contributed by atoms with Gasteiger partial charge in [0.15, 0.2) is 0 Å². The zero-order valence-electron chi connectivity index (χ0n) is 9.86. The Kier molecular flexibility index (Phi) is 4.05. The number of anilines is 1. The smallest absolute Gasteiger partial charge is 0.315 e. The van der Waals surface area contributed by atoms with E-state index >= 15 is 0 Å². The van der Waals surface area contributed by atoms with Crippen LogP contribution < -0.4 is 10.6 Å². The van der Waals surface area contributed by atoms with Crippen LogP contribution in [0.4, 0.5) is 6.01 Å². The normalized spacial score (nSPS) is 10.7. The average Bonchev–Trinajstić information content (AvgIpc) is 2.95. The molecule has 17 heavy (non-hydrogen) atoms. The maximum Gasteiger partial charge on any atom is 0.315 e. The summed E-state index contributed by atoms with van der Waals surface area (Å²) < 4.78 is 5.36. The van der Waals surface area contributed by atoms with Crippen LogP contribution in [0.15, 0.2) is 10.6 Å². The number of nitrogens with one attached hydrogen (secondary N) is 2. The molecule has 0 spiro atoms. The van der Waals surface area contributed by atoms with Crippen LogP contribution in [0.2, 0.25) is 0 Å². The first-order valence-electron chi connectivity index (χ1n) is 5.46. The van der Waals surface area contributed by atoms with Crippen molar-refractivity contribution in [3.63, 3.8) is 0 Å². The monoisotopic (exact) mass is 253 g/mol. The van der Waals surface area contributed by atoms with Gasteiger partial charge in [-0.15, -0.1) is 16.4 Å². The molecule has 0 amide bonds. The SMILES string of the molecule is CCc1cnc(CNc2nnc(CNC)o2)s1. The molecule has 92 valence electrons. The van der Waals surface area contributed by atoms with Crippen molar-refractivity contribution in [2.75, 3.05) is 12.4 Å². The van der Waals surface area contributed by atoms with Crippen LogP contribution in [-0.2, 0) is 19.5 Å². The highest BCUT2D eigenvalue weighted by molar-refractivity contribution is 7.11. The van der Waals surface area contributed by atoms with E-state index in [9.17, 15) is 0 Å². The second kappa shape index (κ2) is 5.74. The number of thiazole rings is 1. The van der Waals surface area contributed by atoms with Crippen LogP contribution in [0.25, 0.3) is 0 Å². The molecule has 0 saturated heterocycles. The Bertz CT molecular complexity index is 467. The first-order valence-corrected chi connectivity index (χ1v) is 6.28. The van der Waals surface area contributed by atoms with Crippen LogP contribution in [0, 0.1) is 0 Å². The summed E-state index contributed by atoms with van der Waals surface area (Å²) in [6, 6.07) is 0.434. The van der Waals surface area contributed by atoms with E-state index in [2.05, 4.69) is 32.7 Å². The van der Waals surface area contributed by atoms with E-state index in [0.717, 1.165) is 11.4 Å². The minimum absolute atomic E-state index is 0.434. The van der Waals surface area contributed by atoms with Crippen molar-refractivity contribution in [1.29, 1.82) is 0 Å². The van der Waals surface area contributed by atoms with Crippen molar-refractivity contribution >= 4 is 17.4 Å². The lowest BCUT2D eigenvalue weighted by atomic mass is 10.4. The van der Waals surface area contributed by atoms with Gasteiger partial charge >= 0.3 is 6.01 Å². The first kappa shape index (κ1) is 12.0. The van der Waals surface area contributed by atoms with E-state index in [1.54, 1.807) is 11.3 Å². The van der Waals surface area contributed by atoms with Crippen LogP contribution in [-0.4, -0.2) is 22.2 Å². The molecule has 2 aromatic rings. The van der Waals surface area contributed by atoms with Gasteiger partial charge in [0.2, 0.25) is 5.89 Å². The number of hydrogen-bond donors (Lipinski definition) is 2. The Balaban J connectivity index is 1.88. The Hall–Kier alpha value is -1.47. The zero-order chi connectivity index (χ0) is 12.1. The maximum absolute atomic E-state index is 5.36. The quantitative estimate of drug-likeness (QED) is 0.811. The van der Waals surface area contributed by atoms with Crippen molar-refractivity contribution in [3.05, 3.63) is 22.0 Å². The van der Waals surface area contributed by atoms with Crippen molar-refractivity contribution in [2.24, 2.45) is 0 Å². The van der Waals surface area contributed by atoms with Crippen molar-refractivity contribution in [3.8, 4) is 0 Å². The fraction of sp³-hybridized carbons (Fsp3) is 0.500. The van der Waals surface area contributed by atoms with E-state index < -0.39 is 0 Å². The van der Waals surface area contributed by atoms with Crippen molar-refractivity contribution in [1.82, 2.24) is 20.5 Å². The Morgan fingerprint density at radius 3 is 2.94 bits per heavy atom. The Morgan fingerprint density at radius 1 is 1.35 bits per heavy atom. The van der Waals surface area contributed by atoms with E-state index in [0.29, 0.717) is 25.0 Å². The van der Waals surface area contributed by atoms with E-state index in [4.69, 9.17) is 4.42 Å². The summed E-state index contributed by atoms with van der Waals surface area (Å²) in [5, 5.41) is 14.8. The predicted octanol–water partition coefficient (Wildman–Crippen LogP) is 1.42. The largest absolute Gasteiger partial charge is 0.407 e.